The summed E-state index contributed by atoms with van der Waals surface area (Å²) in [5, 5.41) is 0.284. The minimum Gasteiger partial charge on any atom is -0.295 e. The lowest BCUT2D eigenvalue weighted by atomic mass is 10.1. The highest BCUT2D eigenvalue weighted by Gasteiger charge is 2.38. The lowest BCUT2D eigenvalue weighted by Crippen LogP contribution is -2.34. The van der Waals surface area contributed by atoms with Crippen LogP contribution in [0.15, 0.2) is 34.1 Å². The molecule has 1 amide bonds. The third kappa shape index (κ3) is 2.43. The van der Waals surface area contributed by atoms with Gasteiger partial charge in [-0.3, -0.25) is 19.3 Å². The molecule has 0 bridgehead atoms. The number of hydrogen-bond acceptors (Lipinski definition) is 4. The molecule has 106 valence electrons. The Labute approximate surface area is 137 Å². The van der Waals surface area contributed by atoms with Crippen LogP contribution >= 0.6 is 38.9 Å². The number of nitrogens with zero attached hydrogens (tertiary/aromatic N) is 1. The van der Waals surface area contributed by atoms with Crippen LogP contribution in [0.3, 0.4) is 0 Å². The van der Waals surface area contributed by atoms with Crippen molar-refractivity contribution in [3.63, 3.8) is 0 Å². The number of rotatable bonds is 3. The number of halogens is 2. The van der Waals surface area contributed by atoms with Gasteiger partial charge in [-0.1, -0.05) is 17.7 Å². The summed E-state index contributed by atoms with van der Waals surface area (Å²) in [6.45, 7) is -0.200. The SMILES string of the molecule is O=C(CN1C(=O)C(=O)c2cccc(Cl)c21)c1ccc(Br)s1. The Kier molecular flexibility index (Phi) is 3.69. The van der Waals surface area contributed by atoms with Crippen LogP contribution in [-0.4, -0.2) is 24.0 Å². The molecule has 7 heteroatoms. The van der Waals surface area contributed by atoms with Gasteiger partial charge in [0.2, 0.25) is 0 Å². The Balaban J connectivity index is 1.95. The van der Waals surface area contributed by atoms with Crippen molar-refractivity contribution >= 4 is 62.0 Å². The second-order valence-electron chi connectivity index (χ2n) is 4.38. The number of anilines is 1. The van der Waals surface area contributed by atoms with Gasteiger partial charge in [-0.2, -0.15) is 0 Å². The average molecular weight is 385 g/mol. The lowest BCUT2D eigenvalue weighted by Gasteiger charge is -2.16. The number of amides is 1. The lowest BCUT2D eigenvalue weighted by molar-refractivity contribution is -0.114. The van der Waals surface area contributed by atoms with E-state index in [0.717, 1.165) is 8.69 Å². The van der Waals surface area contributed by atoms with Gasteiger partial charge < -0.3 is 0 Å². The minimum absolute atomic E-state index is 0.200. The summed E-state index contributed by atoms with van der Waals surface area (Å²) in [7, 11) is 0. The van der Waals surface area contributed by atoms with Gasteiger partial charge in [0.05, 0.1) is 31.5 Å². The number of Topliss-reactive ketones (excluding diaryl/α,β-unsaturated/α-hetero) is 2. The first-order chi connectivity index (χ1) is 9.99. The maximum atomic E-state index is 12.2. The smallest absolute Gasteiger partial charge is 0.295 e. The molecular formula is C14H7BrClNO3S. The predicted molar refractivity (Wildman–Crippen MR) is 84.5 cm³/mol. The zero-order chi connectivity index (χ0) is 15.1. The van der Waals surface area contributed by atoms with Crippen molar-refractivity contribution < 1.29 is 14.4 Å². The van der Waals surface area contributed by atoms with E-state index in [0.29, 0.717) is 10.6 Å². The zero-order valence-electron chi connectivity index (χ0n) is 10.4. The first-order valence-electron chi connectivity index (χ1n) is 5.92. The summed E-state index contributed by atoms with van der Waals surface area (Å²) in [4.78, 5) is 37.9. The van der Waals surface area contributed by atoms with Gasteiger partial charge in [-0.25, -0.2) is 0 Å². The van der Waals surface area contributed by atoms with Gasteiger partial charge in [0, 0.05) is 0 Å². The summed E-state index contributed by atoms with van der Waals surface area (Å²) in [5.74, 6) is -1.59. The van der Waals surface area contributed by atoms with E-state index < -0.39 is 11.7 Å². The molecule has 0 spiro atoms. The number of carbonyl (C=O) groups is 3. The van der Waals surface area contributed by atoms with Crippen LogP contribution in [-0.2, 0) is 4.79 Å². The van der Waals surface area contributed by atoms with Gasteiger partial charge in [0.1, 0.15) is 0 Å². The van der Waals surface area contributed by atoms with Gasteiger partial charge in [-0.05, 0) is 40.2 Å². The molecule has 0 saturated heterocycles. The van der Waals surface area contributed by atoms with Gasteiger partial charge in [0.15, 0.2) is 5.78 Å². The van der Waals surface area contributed by atoms with E-state index in [-0.39, 0.29) is 22.9 Å². The molecule has 1 aromatic carbocycles. The Morgan fingerprint density at radius 3 is 2.67 bits per heavy atom. The Morgan fingerprint density at radius 1 is 1.24 bits per heavy atom. The van der Waals surface area contributed by atoms with Crippen LogP contribution < -0.4 is 4.90 Å². The maximum absolute atomic E-state index is 12.2. The van der Waals surface area contributed by atoms with Gasteiger partial charge in [-0.15, -0.1) is 11.3 Å². The topological polar surface area (TPSA) is 54.5 Å². The molecule has 21 heavy (non-hydrogen) atoms. The minimum atomic E-state index is -0.720. The highest BCUT2D eigenvalue weighted by atomic mass is 79.9. The summed E-state index contributed by atoms with van der Waals surface area (Å²) < 4.78 is 0.827. The van der Waals surface area contributed by atoms with E-state index in [1.807, 2.05) is 0 Å². The fourth-order valence-corrected chi connectivity index (χ4v) is 3.74. The molecule has 2 aromatic rings. The molecule has 0 atom stereocenters. The number of fused-ring (bicyclic) bond motifs is 1. The fraction of sp³-hybridized carbons (Fsp3) is 0.0714. The van der Waals surface area contributed by atoms with Crippen LogP contribution in [0.25, 0.3) is 0 Å². The van der Waals surface area contributed by atoms with Crippen molar-refractivity contribution in [3.05, 3.63) is 49.6 Å². The van der Waals surface area contributed by atoms with Crippen molar-refractivity contribution in [1.29, 1.82) is 0 Å². The number of hydrogen-bond donors (Lipinski definition) is 0. The molecule has 0 unspecified atom stereocenters. The molecule has 0 fully saturated rings. The number of para-hydroxylation sites is 1. The number of thiophene rings is 1. The van der Waals surface area contributed by atoms with Crippen LogP contribution in [0.2, 0.25) is 5.02 Å². The van der Waals surface area contributed by atoms with E-state index in [2.05, 4.69) is 15.9 Å². The third-order valence-corrected chi connectivity index (χ3v) is 5.06. The van der Waals surface area contributed by atoms with Crippen LogP contribution in [0.5, 0.6) is 0 Å². The molecule has 3 rings (SSSR count). The van der Waals surface area contributed by atoms with Crippen molar-refractivity contribution in [2.45, 2.75) is 0 Å². The number of carbonyl (C=O) groups excluding carboxylic acids is 3. The molecule has 0 saturated carbocycles. The predicted octanol–water partition coefficient (Wildman–Crippen LogP) is 3.58. The standard InChI is InChI=1S/C14H7BrClNO3S/c15-11-5-4-10(21-11)9(18)6-17-12-7(13(19)14(17)20)2-1-3-8(12)16/h1-5H,6H2. The molecule has 0 aliphatic carbocycles. The summed E-state index contributed by atoms with van der Waals surface area (Å²) in [6, 6.07) is 8.16. The Hall–Kier alpha value is -1.50. The first-order valence-corrected chi connectivity index (χ1v) is 7.91. The van der Waals surface area contributed by atoms with E-state index >= 15 is 0 Å². The second kappa shape index (κ2) is 5.36. The summed E-state index contributed by atoms with van der Waals surface area (Å²) in [6.07, 6.45) is 0. The highest BCUT2D eigenvalue weighted by Crippen LogP contribution is 2.36. The molecular weight excluding hydrogens is 378 g/mol. The van der Waals surface area contributed by atoms with E-state index in [9.17, 15) is 14.4 Å². The van der Waals surface area contributed by atoms with E-state index in [4.69, 9.17) is 11.6 Å². The quantitative estimate of drug-likeness (QED) is 0.600. The molecule has 0 N–H and O–H groups in total. The molecule has 2 heterocycles. The monoisotopic (exact) mass is 383 g/mol. The first kappa shape index (κ1) is 14.4. The molecule has 4 nitrogen and oxygen atoms in total. The van der Waals surface area contributed by atoms with Crippen molar-refractivity contribution in [3.8, 4) is 0 Å². The number of ketones is 2. The highest BCUT2D eigenvalue weighted by molar-refractivity contribution is 9.11. The van der Waals surface area contributed by atoms with E-state index in [1.165, 1.54) is 17.4 Å². The normalized spacial score (nSPS) is 13.7. The van der Waals surface area contributed by atoms with Gasteiger partial charge >= 0.3 is 0 Å². The van der Waals surface area contributed by atoms with Crippen LogP contribution in [0.1, 0.15) is 20.0 Å². The summed E-state index contributed by atoms with van der Waals surface area (Å²) >= 11 is 10.6. The zero-order valence-corrected chi connectivity index (χ0v) is 13.6. The van der Waals surface area contributed by atoms with E-state index in [1.54, 1.807) is 24.3 Å². The van der Waals surface area contributed by atoms with Crippen LogP contribution in [0.4, 0.5) is 5.69 Å². The fourth-order valence-electron chi connectivity index (χ4n) is 2.15. The average Bonchev–Trinajstić information content (AvgIpc) is 2.98. The maximum Gasteiger partial charge on any atom is 0.299 e. The molecule has 1 aromatic heterocycles. The number of benzene rings is 1. The Morgan fingerprint density at radius 2 is 2.00 bits per heavy atom. The molecule has 1 aliphatic rings. The van der Waals surface area contributed by atoms with Crippen LogP contribution in [0, 0.1) is 0 Å². The van der Waals surface area contributed by atoms with Gasteiger partial charge in [0.25, 0.3) is 11.7 Å². The molecule has 0 radical (unpaired) electrons. The summed E-state index contributed by atoms with van der Waals surface area (Å²) in [5.41, 5.74) is 0.561. The Bertz CT molecular complexity index is 786. The molecule has 1 aliphatic heterocycles. The third-order valence-electron chi connectivity index (χ3n) is 3.09. The van der Waals surface area contributed by atoms with Crippen molar-refractivity contribution in [2.24, 2.45) is 0 Å². The van der Waals surface area contributed by atoms with Crippen molar-refractivity contribution in [1.82, 2.24) is 0 Å². The second-order valence-corrected chi connectivity index (χ2v) is 7.25. The van der Waals surface area contributed by atoms with Crippen molar-refractivity contribution in [2.75, 3.05) is 11.4 Å². The largest absolute Gasteiger partial charge is 0.299 e.